The number of rotatable bonds is 5. The van der Waals surface area contributed by atoms with Crippen LogP contribution in [0.3, 0.4) is 0 Å². The molecule has 1 saturated heterocycles. The highest BCUT2D eigenvalue weighted by Crippen LogP contribution is 2.13. The second-order valence-electron chi connectivity index (χ2n) is 4.07. The third kappa shape index (κ3) is 4.65. The number of carbonyl (C=O) groups is 1. The maximum atomic E-state index is 11.6. The number of nitrogens with one attached hydrogen (secondary N) is 1. The normalized spacial score (nSPS) is 20.1. The summed E-state index contributed by atoms with van der Waals surface area (Å²) < 4.78 is 5.58. The highest BCUT2D eigenvalue weighted by atomic mass is 16.5. The first kappa shape index (κ1) is 13.0. The van der Waals surface area contributed by atoms with Crippen molar-refractivity contribution >= 4 is 5.91 Å². The minimum Gasteiger partial charge on any atom is -0.376 e. The van der Waals surface area contributed by atoms with Crippen molar-refractivity contribution in [2.45, 2.75) is 25.4 Å². The standard InChI is InChI=1S/C12H20N2O2/c1-3-7-13-9-12(15)14(2)10-11-6-4-5-8-16-11/h1,11,13H,4-10H2,2H3. The number of ether oxygens (including phenoxy) is 1. The zero-order chi connectivity index (χ0) is 11.8. The smallest absolute Gasteiger partial charge is 0.236 e. The fourth-order valence-electron chi connectivity index (χ4n) is 1.74. The molecule has 0 aromatic heterocycles. The lowest BCUT2D eigenvalue weighted by molar-refractivity contribution is -0.131. The number of likely N-dealkylation sites (N-methyl/N-ethyl adjacent to an activating group) is 1. The zero-order valence-electron chi connectivity index (χ0n) is 9.87. The molecule has 1 aliphatic rings. The van der Waals surface area contributed by atoms with Crippen LogP contribution in [0.2, 0.25) is 0 Å². The average molecular weight is 224 g/mol. The van der Waals surface area contributed by atoms with E-state index < -0.39 is 0 Å². The fraction of sp³-hybridized carbons (Fsp3) is 0.750. The number of hydrogen-bond acceptors (Lipinski definition) is 3. The maximum Gasteiger partial charge on any atom is 0.236 e. The Labute approximate surface area is 97.3 Å². The van der Waals surface area contributed by atoms with Gasteiger partial charge in [0.2, 0.25) is 5.91 Å². The van der Waals surface area contributed by atoms with E-state index in [1.165, 1.54) is 6.42 Å². The monoisotopic (exact) mass is 224 g/mol. The molecule has 0 bridgehead atoms. The fourth-order valence-corrected chi connectivity index (χ4v) is 1.74. The molecule has 4 heteroatoms. The van der Waals surface area contributed by atoms with Crippen molar-refractivity contribution in [1.82, 2.24) is 10.2 Å². The van der Waals surface area contributed by atoms with Crippen molar-refractivity contribution in [2.24, 2.45) is 0 Å². The average Bonchev–Trinajstić information content (AvgIpc) is 2.30. The maximum absolute atomic E-state index is 11.6. The van der Waals surface area contributed by atoms with E-state index in [0.29, 0.717) is 19.6 Å². The summed E-state index contributed by atoms with van der Waals surface area (Å²) in [5.74, 6) is 2.50. The van der Waals surface area contributed by atoms with Gasteiger partial charge in [0.15, 0.2) is 0 Å². The first-order valence-electron chi connectivity index (χ1n) is 5.73. The molecule has 4 nitrogen and oxygen atoms in total. The zero-order valence-corrected chi connectivity index (χ0v) is 9.87. The Kier molecular flexibility index (Phi) is 5.91. The lowest BCUT2D eigenvalue weighted by Crippen LogP contribution is -2.41. The number of carbonyl (C=O) groups excluding carboxylic acids is 1. The summed E-state index contributed by atoms with van der Waals surface area (Å²) in [7, 11) is 1.80. The van der Waals surface area contributed by atoms with E-state index in [9.17, 15) is 4.79 Å². The summed E-state index contributed by atoms with van der Waals surface area (Å²) in [5, 5.41) is 2.88. The second-order valence-corrected chi connectivity index (χ2v) is 4.07. The third-order valence-corrected chi connectivity index (χ3v) is 2.68. The molecular weight excluding hydrogens is 204 g/mol. The molecule has 0 saturated carbocycles. The van der Waals surface area contributed by atoms with E-state index in [2.05, 4.69) is 11.2 Å². The van der Waals surface area contributed by atoms with Crippen LogP contribution in [0.15, 0.2) is 0 Å². The van der Waals surface area contributed by atoms with E-state index in [1.807, 2.05) is 0 Å². The molecule has 1 amide bonds. The van der Waals surface area contributed by atoms with Gasteiger partial charge < -0.3 is 9.64 Å². The van der Waals surface area contributed by atoms with Gasteiger partial charge in [0.25, 0.3) is 0 Å². The Morgan fingerprint density at radius 1 is 1.62 bits per heavy atom. The van der Waals surface area contributed by atoms with Gasteiger partial charge in [-0.15, -0.1) is 6.42 Å². The Balaban J connectivity index is 2.19. The molecule has 1 heterocycles. The van der Waals surface area contributed by atoms with Crippen molar-refractivity contribution in [3.05, 3.63) is 0 Å². The van der Waals surface area contributed by atoms with Crippen LogP contribution in [0, 0.1) is 12.3 Å². The summed E-state index contributed by atoms with van der Waals surface area (Å²) in [5.41, 5.74) is 0. The minimum atomic E-state index is 0.0597. The van der Waals surface area contributed by atoms with Crippen LogP contribution in [0.4, 0.5) is 0 Å². The summed E-state index contributed by atoms with van der Waals surface area (Å²) in [6, 6.07) is 0. The van der Waals surface area contributed by atoms with Crippen LogP contribution in [0.25, 0.3) is 0 Å². The lowest BCUT2D eigenvalue weighted by atomic mass is 10.1. The molecule has 90 valence electrons. The van der Waals surface area contributed by atoms with Crippen LogP contribution in [0.5, 0.6) is 0 Å². The van der Waals surface area contributed by atoms with E-state index in [-0.39, 0.29) is 12.0 Å². The topological polar surface area (TPSA) is 41.6 Å². The molecule has 1 atom stereocenters. The molecule has 0 radical (unpaired) electrons. The van der Waals surface area contributed by atoms with Gasteiger partial charge in [-0.3, -0.25) is 10.1 Å². The van der Waals surface area contributed by atoms with Crippen LogP contribution in [-0.2, 0) is 9.53 Å². The molecule has 0 spiro atoms. The largest absolute Gasteiger partial charge is 0.376 e. The van der Waals surface area contributed by atoms with Gasteiger partial charge in [0.05, 0.1) is 19.2 Å². The van der Waals surface area contributed by atoms with Crippen molar-refractivity contribution in [2.75, 3.05) is 33.3 Å². The van der Waals surface area contributed by atoms with Crippen molar-refractivity contribution < 1.29 is 9.53 Å². The van der Waals surface area contributed by atoms with Gasteiger partial charge in [-0.1, -0.05) is 5.92 Å². The second kappa shape index (κ2) is 7.26. The molecule has 16 heavy (non-hydrogen) atoms. The first-order chi connectivity index (χ1) is 7.74. The number of amides is 1. The van der Waals surface area contributed by atoms with Gasteiger partial charge in [-0.2, -0.15) is 0 Å². The molecule has 1 aliphatic heterocycles. The predicted octanol–water partition coefficient (Wildman–Crippen LogP) is 0.237. The van der Waals surface area contributed by atoms with Crippen molar-refractivity contribution in [3.63, 3.8) is 0 Å². The van der Waals surface area contributed by atoms with Crippen LogP contribution in [-0.4, -0.2) is 50.2 Å². The van der Waals surface area contributed by atoms with Crippen molar-refractivity contribution in [3.8, 4) is 12.3 Å². The molecule has 0 aromatic rings. The van der Waals surface area contributed by atoms with Gasteiger partial charge in [-0.05, 0) is 19.3 Å². The van der Waals surface area contributed by atoms with E-state index >= 15 is 0 Å². The molecule has 1 rings (SSSR count). The Hall–Kier alpha value is -1.05. The summed E-state index contributed by atoms with van der Waals surface area (Å²) in [4.78, 5) is 13.3. The lowest BCUT2D eigenvalue weighted by Gasteiger charge is -2.27. The predicted molar refractivity (Wildman–Crippen MR) is 62.9 cm³/mol. The van der Waals surface area contributed by atoms with Crippen LogP contribution >= 0.6 is 0 Å². The Morgan fingerprint density at radius 2 is 2.44 bits per heavy atom. The molecular formula is C12H20N2O2. The minimum absolute atomic E-state index is 0.0597. The van der Waals surface area contributed by atoms with Gasteiger partial charge >= 0.3 is 0 Å². The number of terminal acetylenes is 1. The summed E-state index contributed by atoms with van der Waals surface area (Å²) in [6.45, 7) is 2.23. The van der Waals surface area contributed by atoms with Crippen LogP contribution in [0.1, 0.15) is 19.3 Å². The quantitative estimate of drug-likeness (QED) is 0.537. The SMILES string of the molecule is C#CCNCC(=O)N(C)CC1CCCCO1. The molecule has 1 fully saturated rings. The molecule has 0 aliphatic carbocycles. The van der Waals surface area contributed by atoms with Gasteiger partial charge in [0, 0.05) is 20.2 Å². The van der Waals surface area contributed by atoms with E-state index in [4.69, 9.17) is 11.2 Å². The number of nitrogens with zero attached hydrogens (tertiary/aromatic N) is 1. The highest BCUT2D eigenvalue weighted by Gasteiger charge is 2.18. The van der Waals surface area contributed by atoms with Crippen molar-refractivity contribution in [1.29, 1.82) is 0 Å². The third-order valence-electron chi connectivity index (χ3n) is 2.68. The van der Waals surface area contributed by atoms with Gasteiger partial charge in [-0.25, -0.2) is 0 Å². The highest BCUT2D eigenvalue weighted by molar-refractivity contribution is 5.78. The molecule has 0 aromatic carbocycles. The van der Waals surface area contributed by atoms with Crippen LogP contribution < -0.4 is 5.32 Å². The Morgan fingerprint density at radius 3 is 3.06 bits per heavy atom. The molecule has 1 N–H and O–H groups in total. The van der Waals surface area contributed by atoms with E-state index in [0.717, 1.165) is 19.4 Å². The summed E-state index contributed by atoms with van der Waals surface area (Å²) in [6.07, 6.45) is 8.67. The molecule has 1 unspecified atom stereocenters. The van der Waals surface area contributed by atoms with Gasteiger partial charge in [0.1, 0.15) is 0 Å². The Bertz CT molecular complexity index is 254. The number of hydrogen-bond donors (Lipinski definition) is 1. The first-order valence-corrected chi connectivity index (χ1v) is 5.73. The summed E-state index contributed by atoms with van der Waals surface area (Å²) >= 11 is 0. The van der Waals surface area contributed by atoms with E-state index in [1.54, 1.807) is 11.9 Å².